The van der Waals surface area contributed by atoms with Gasteiger partial charge in [-0.3, -0.25) is 9.59 Å². The SMILES string of the molecule is CCC(COC)(NC(=O)OCC1c2ccccc2-c2ccccc21)C(=O)NC1(CC(=O)O)CC1. The van der Waals surface area contributed by atoms with E-state index >= 15 is 0 Å². The molecule has 1 atom stereocenters. The minimum atomic E-state index is -1.37. The van der Waals surface area contributed by atoms with E-state index in [1.165, 1.54) is 7.11 Å². The van der Waals surface area contributed by atoms with Crippen LogP contribution in [0.3, 0.4) is 0 Å². The summed E-state index contributed by atoms with van der Waals surface area (Å²) in [5.41, 5.74) is 2.31. The number of carboxylic acid groups (broad SMARTS) is 1. The molecule has 1 unspecified atom stereocenters. The van der Waals surface area contributed by atoms with Crippen molar-refractivity contribution >= 4 is 18.0 Å². The van der Waals surface area contributed by atoms with Crippen LogP contribution in [0.15, 0.2) is 48.5 Å². The van der Waals surface area contributed by atoms with Crippen molar-refractivity contribution in [2.24, 2.45) is 0 Å². The van der Waals surface area contributed by atoms with E-state index in [9.17, 15) is 14.4 Å². The summed E-state index contributed by atoms with van der Waals surface area (Å²) in [6.07, 6.45) is 0.543. The van der Waals surface area contributed by atoms with Gasteiger partial charge in [-0.15, -0.1) is 0 Å². The molecule has 0 bridgehead atoms. The molecule has 8 heteroatoms. The summed E-state index contributed by atoms with van der Waals surface area (Å²) in [6, 6.07) is 16.1. The Morgan fingerprint density at radius 1 is 1.06 bits per heavy atom. The third-order valence-corrected chi connectivity index (χ3v) is 6.84. The predicted octanol–water partition coefficient (Wildman–Crippen LogP) is 3.44. The molecule has 1 fully saturated rings. The number of carbonyl (C=O) groups is 3. The molecule has 0 heterocycles. The van der Waals surface area contributed by atoms with Gasteiger partial charge in [-0.1, -0.05) is 55.5 Å². The van der Waals surface area contributed by atoms with Crippen molar-refractivity contribution in [1.29, 1.82) is 0 Å². The van der Waals surface area contributed by atoms with Crippen molar-refractivity contribution < 1.29 is 29.0 Å². The van der Waals surface area contributed by atoms with Crippen molar-refractivity contribution in [2.75, 3.05) is 20.3 Å². The lowest BCUT2D eigenvalue weighted by Crippen LogP contribution is -2.63. The Hall–Kier alpha value is -3.39. The van der Waals surface area contributed by atoms with Crippen LogP contribution in [0.25, 0.3) is 11.1 Å². The van der Waals surface area contributed by atoms with E-state index in [-0.39, 0.29) is 32.0 Å². The first-order valence-electron chi connectivity index (χ1n) is 11.5. The van der Waals surface area contributed by atoms with Crippen LogP contribution in [0.4, 0.5) is 4.79 Å². The molecular weight excluding hydrogens is 436 g/mol. The number of aliphatic carboxylic acids is 1. The highest BCUT2D eigenvalue weighted by molar-refractivity contribution is 5.91. The fourth-order valence-corrected chi connectivity index (χ4v) is 4.73. The molecule has 0 aromatic heterocycles. The number of ether oxygens (including phenoxy) is 2. The standard InChI is InChI=1S/C26H30N2O6/c1-3-26(16-33-2,23(31)27-25(12-13-25)14-22(29)30)28-24(32)34-15-21-19-10-6-4-8-17(19)18-9-5-7-11-20(18)21/h4-11,21H,3,12-16H2,1-2H3,(H,27,31)(H,28,32)(H,29,30). The molecule has 1 saturated carbocycles. The number of carboxylic acids is 1. The van der Waals surface area contributed by atoms with Crippen LogP contribution in [0.1, 0.15) is 49.7 Å². The van der Waals surface area contributed by atoms with Gasteiger partial charge in [0.05, 0.1) is 18.6 Å². The van der Waals surface area contributed by atoms with Crippen molar-refractivity contribution in [3.8, 4) is 11.1 Å². The molecule has 180 valence electrons. The monoisotopic (exact) mass is 466 g/mol. The van der Waals surface area contributed by atoms with E-state index in [4.69, 9.17) is 14.6 Å². The number of nitrogens with one attached hydrogen (secondary N) is 2. The average Bonchev–Trinajstić information content (AvgIpc) is 3.48. The average molecular weight is 467 g/mol. The number of alkyl carbamates (subject to hydrolysis) is 1. The summed E-state index contributed by atoms with van der Waals surface area (Å²) in [5.74, 6) is -1.55. The Morgan fingerprint density at radius 2 is 1.65 bits per heavy atom. The summed E-state index contributed by atoms with van der Waals surface area (Å²) in [6.45, 7) is 1.82. The summed E-state index contributed by atoms with van der Waals surface area (Å²) in [5, 5.41) is 14.7. The molecule has 34 heavy (non-hydrogen) atoms. The van der Waals surface area contributed by atoms with Crippen molar-refractivity contribution in [3.63, 3.8) is 0 Å². The number of hydrogen-bond acceptors (Lipinski definition) is 5. The summed E-state index contributed by atoms with van der Waals surface area (Å²) >= 11 is 0. The zero-order chi connectivity index (χ0) is 24.3. The van der Waals surface area contributed by atoms with Crippen LogP contribution < -0.4 is 10.6 Å². The first-order chi connectivity index (χ1) is 16.3. The molecule has 3 N–H and O–H groups in total. The molecule has 2 aromatic rings. The molecule has 2 aliphatic rings. The van der Waals surface area contributed by atoms with Crippen LogP contribution in [0.2, 0.25) is 0 Å². The second-order valence-electron chi connectivity index (χ2n) is 9.12. The highest BCUT2D eigenvalue weighted by Crippen LogP contribution is 2.44. The molecule has 8 nitrogen and oxygen atoms in total. The number of carbonyl (C=O) groups excluding carboxylic acids is 2. The van der Waals surface area contributed by atoms with E-state index in [0.717, 1.165) is 22.3 Å². The maximum atomic E-state index is 13.2. The van der Waals surface area contributed by atoms with Gasteiger partial charge in [-0.2, -0.15) is 0 Å². The third kappa shape index (κ3) is 4.63. The van der Waals surface area contributed by atoms with E-state index in [0.29, 0.717) is 12.8 Å². The second-order valence-corrected chi connectivity index (χ2v) is 9.12. The predicted molar refractivity (Wildman–Crippen MR) is 125 cm³/mol. The van der Waals surface area contributed by atoms with Gasteiger partial charge in [0.1, 0.15) is 12.1 Å². The van der Waals surface area contributed by atoms with Gasteiger partial charge in [0, 0.05) is 13.0 Å². The minimum Gasteiger partial charge on any atom is -0.481 e. The molecule has 0 saturated heterocycles. The fourth-order valence-electron chi connectivity index (χ4n) is 4.73. The maximum absolute atomic E-state index is 13.2. The second kappa shape index (κ2) is 9.46. The topological polar surface area (TPSA) is 114 Å². The van der Waals surface area contributed by atoms with Gasteiger partial charge in [-0.05, 0) is 41.5 Å². The normalized spacial score (nSPS) is 17.1. The molecule has 0 spiro atoms. The Morgan fingerprint density at radius 3 is 2.15 bits per heavy atom. The van der Waals surface area contributed by atoms with E-state index in [2.05, 4.69) is 22.8 Å². The van der Waals surface area contributed by atoms with Crippen LogP contribution >= 0.6 is 0 Å². The number of fused-ring (bicyclic) bond motifs is 3. The lowest BCUT2D eigenvalue weighted by Gasteiger charge is -2.33. The molecule has 2 aromatic carbocycles. The quantitative estimate of drug-likeness (QED) is 0.494. The van der Waals surface area contributed by atoms with Gasteiger partial charge in [0.15, 0.2) is 0 Å². The smallest absolute Gasteiger partial charge is 0.408 e. The third-order valence-electron chi connectivity index (χ3n) is 6.84. The number of methoxy groups -OCH3 is 1. The van der Waals surface area contributed by atoms with Gasteiger partial charge in [0.25, 0.3) is 0 Å². The number of hydrogen-bond donors (Lipinski definition) is 3. The van der Waals surface area contributed by atoms with Gasteiger partial charge in [0.2, 0.25) is 5.91 Å². The van der Waals surface area contributed by atoms with Gasteiger partial charge < -0.3 is 25.2 Å². The highest BCUT2D eigenvalue weighted by Gasteiger charge is 2.50. The first-order valence-corrected chi connectivity index (χ1v) is 11.5. The minimum absolute atomic E-state index is 0.0668. The molecule has 4 rings (SSSR count). The first kappa shape index (κ1) is 23.8. The van der Waals surface area contributed by atoms with Crippen LogP contribution in [0, 0.1) is 0 Å². The molecular formula is C26H30N2O6. The Kier molecular flexibility index (Phi) is 6.61. The van der Waals surface area contributed by atoms with Crippen LogP contribution in [-0.4, -0.2) is 54.5 Å². The van der Waals surface area contributed by atoms with Crippen molar-refractivity contribution in [3.05, 3.63) is 59.7 Å². The highest BCUT2D eigenvalue weighted by atomic mass is 16.5. The molecule has 2 aliphatic carbocycles. The Bertz CT molecular complexity index is 1050. The maximum Gasteiger partial charge on any atom is 0.408 e. The zero-order valence-electron chi connectivity index (χ0n) is 19.4. The summed E-state index contributed by atoms with van der Waals surface area (Å²) < 4.78 is 10.9. The fraction of sp³-hybridized carbons (Fsp3) is 0.423. The summed E-state index contributed by atoms with van der Waals surface area (Å²) in [7, 11) is 1.45. The van der Waals surface area contributed by atoms with Crippen LogP contribution in [-0.2, 0) is 19.1 Å². The lowest BCUT2D eigenvalue weighted by atomic mass is 9.95. The number of amides is 2. The van der Waals surface area contributed by atoms with Crippen molar-refractivity contribution in [1.82, 2.24) is 10.6 Å². The Balaban J connectivity index is 1.46. The largest absolute Gasteiger partial charge is 0.481 e. The van der Waals surface area contributed by atoms with Gasteiger partial charge >= 0.3 is 12.1 Å². The molecule has 2 amide bonds. The zero-order valence-corrected chi connectivity index (χ0v) is 19.4. The molecule has 0 aliphatic heterocycles. The van der Waals surface area contributed by atoms with Crippen LogP contribution in [0.5, 0.6) is 0 Å². The molecule has 0 radical (unpaired) electrons. The lowest BCUT2D eigenvalue weighted by molar-refractivity contribution is -0.138. The van der Waals surface area contributed by atoms with E-state index in [1.54, 1.807) is 6.92 Å². The van der Waals surface area contributed by atoms with E-state index < -0.39 is 29.0 Å². The number of benzene rings is 2. The van der Waals surface area contributed by atoms with Gasteiger partial charge in [-0.25, -0.2) is 4.79 Å². The number of rotatable bonds is 10. The van der Waals surface area contributed by atoms with E-state index in [1.807, 2.05) is 36.4 Å². The summed E-state index contributed by atoms with van der Waals surface area (Å²) in [4.78, 5) is 37.2. The Labute approximate surface area is 198 Å². The van der Waals surface area contributed by atoms with Crippen molar-refractivity contribution in [2.45, 2.75) is 49.6 Å².